The number of carbonyl (C=O) groups is 1. The smallest absolute Gasteiger partial charge is 0.336 e. The predicted octanol–water partition coefficient (Wildman–Crippen LogP) is 1.16. The molecule has 3 nitrogen and oxygen atoms in total. The SMILES string of the molecule is [C-]#[N+]/C(=C\Cl)C(=O)OC. The first-order chi connectivity index (χ1) is 4.26. The van der Waals surface area contributed by atoms with Crippen LogP contribution in [0.15, 0.2) is 11.2 Å². The molecule has 0 aromatic rings. The van der Waals surface area contributed by atoms with Gasteiger partial charge in [0.05, 0.1) is 13.7 Å². The Hall–Kier alpha value is -1.01. The minimum atomic E-state index is -0.708. The zero-order chi connectivity index (χ0) is 7.28. The Morgan fingerprint density at radius 3 is 2.56 bits per heavy atom. The van der Waals surface area contributed by atoms with Crippen molar-refractivity contribution in [2.75, 3.05) is 7.11 Å². The molecule has 9 heavy (non-hydrogen) atoms. The zero-order valence-electron chi connectivity index (χ0n) is 4.72. The van der Waals surface area contributed by atoms with Crippen molar-refractivity contribution in [2.24, 2.45) is 0 Å². The summed E-state index contributed by atoms with van der Waals surface area (Å²) in [7, 11) is 1.19. The van der Waals surface area contributed by atoms with Gasteiger partial charge in [-0.2, -0.15) is 0 Å². The molecule has 0 aliphatic carbocycles. The topological polar surface area (TPSA) is 30.7 Å². The molecule has 0 unspecified atom stereocenters. The lowest BCUT2D eigenvalue weighted by molar-refractivity contribution is -0.135. The van der Waals surface area contributed by atoms with Crippen molar-refractivity contribution in [3.63, 3.8) is 0 Å². The summed E-state index contributed by atoms with van der Waals surface area (Å²) in [5.41, 5.74) is 0.679. The summed E-state index contributed by atoms with van der Waals surface area (Å²) in [5.74, 6) is -0.708. The van der Waals surface area contributed by atoms with E-state index in [1.807, 2.05) is 0 Å². The van der Waals surface area contributed by atoms with Crippen LogP contribution in [0.3, 0.4) is 0 Å². The van der Waals surface area contributed by atoms with Crippen LogP contribution < -0.4 is 0 Å². The second-order valence-electron chi connectivity index (χ2n) is 1.10. The van der Waals surface area contributed by atoms with Crippen LogP contribution in [0.25, 0.3) is 4.85 Å². The Balaban J connectivity index is 4.19. The molecule has 0 radical (unpaired) electrons. The number of hydrogen-bond acceptors (Lipinski definition) is 2. The van der Waals surface area contributed by atoms with Crippen LogP contribution >= 0.6 is 11.6 Å². The van der Waals surface area contributed by atoms with E-state index in [-0.39, 0.29) is 5.70 Å². The number of halogens is 1. The van der Waals surface area contributed by atoms with E-state index >= 15 is 0 Å². The lowest BCUT2D eigenvalue weighted by Gasteiger charge is -1.91. The molecule has 0 bridgehead atoms. The lowest BCUT2D eigenvalue weighted by Crippen LogP contribution is -1.99. The van der Waals surface area contributed by atoms with Gasteiger partial charge in [-0.25, -0.2) is 4.85 Å². The third-order valence-corrected chi connectivity index (χ3v) is 0.825. The second-order valence-corrected chi connectivity index (χ2v) is 1.32. The summed E-state index contributed by atoms with van der Waals surface area (Å²) in [6, 6.07) is 0. The Morgan fingerprint density at radius 2 is 2.44 bits per heavy atom. The minimum Gasteiger partial charge on any atom is -0.474 e. The van der Waals surface area contributed by atoms with E-state index in [2.05, 4.69) is 9.58 Å². The molecule has 0 rings (SSSR count). The Morgan fingerprint density at radius 1 is 1.89 bits per heavy atom. The molecule has 0 N–H and O–H groups in total. The molecule has 0 heterocycles. The summed E-state index contributed by atoms with van der Waals surface area (Å²) in [4.78, 5) is 13.2. The van der Waals surface area contributed by atoms with Crippen molar-refractivity contribution in [2.45, 2.75) is 0 Å². The first-order valence-corrected chi connectivity index (χ1v) is 2.46. The number of carbonyl (C=O) groups excluding carboxylic acids is 1. The summed E-state index contributed by atoms with van der Waals surface area (Å²) >= 11 is 5.06. The molecule has 0 spiro atoms. The maximum absolute atomic E-state index is 10.4. The molecule has 48 valence electrons. The van der Waals surface area contributed by atoms with E-state index < -0.39 is 5.97 Å². The summed E-state index contributed by atoms with van der Waals surface area (Å²) in [5, 5.41) is 0. The van der Waals surface area contributed by atoms with E-state index in [1.54, 1.807) is 0 Å². The molecule has 0 saturated carbocycles. The largest absolute Gasteiger partial charge is 0.474 e. The van der Waals surface area contributed by atoms with Crippen LogP contribution in [-0.4, -0.2) is 13.1 Å². The molecule has 0 aliphatic rings. The molecule has 0 fully saturated rings. The molecule has 0 saturated heterocycles. The van der Waals surface area contributed by atoms with Crippen molar-refractivity contribution in [3.8, 4) is 0 Å². The normalized spacial score (nSPS) is 10.1. The van der Waals surface area contributed by atoms with Gasteiger partial charge in [-0.1, -0.05) is 0 Å². The fraction of sp³-hybridized carbons (Fsp3) is 0.200. The van der Waals surface area contributed by atoms with Crippen LogP contribution in [0.5, 0.6) is 0 Å². The van der Waals surface area contributed by atoms with E-state index in [1.165, 1.54) is 7.11 Å². The van der Waals surface area contributed by atoms with Crippen LogP contribution in [0, 0.1) is 6.57 Å². The maximum Gasteiger partial charge on any atom is 0.336 e. The van der Waals surface area contributed by atoms with E-state index in [0.717, 1.165) is 5.54 Å². The fourth-order valence-corrected chi connectivity index (χ4v) is 0.357. The monoisotopic (exact) mass is 145 g/mol. The standard InChI is InChI=1S/C5H4ClNO2/c1-7-4(3-6)5(8)9-2/h3H,2H3/b4-3-. The van der Waals surface area contributed by atoms with Crippen molar-refractivity contribution >= 4 is 17.6 Å². The summed E-state index contributed by atoms with van der Waals surface area (Å²) in [6.07, 6.45) is 0. The Bertz CT molecular complexity index is 180. The average molecular weight is 146 g/mol. The van der Waals surface area contributed by atoms with Gasteiger partial charge >= 0.3 is 5.97 Å². The number of esters is 1. The molecular weight excluding hydrogens is 142 g/mol. The van der Waals surface area contributed by atoms with Crippen molar-refractivity contribution in [1.29, 1.82) is 0 Å². The Labute approximate surface area is 57.7 Å². The highest BCUT2D eigenvalue weighted by Gasteiger charge is 2.06. The molecule has 0 aromatic heterocycles. The van der Waals surface area contributed by atoms with Crippen LogP contribution in [-0.2, 0) is 9.53 Å². The number of methoxy groups -OCH3 is 1. The third-order valence-electron chi connectivity index (χ3n) is 0.618. The summed E-state index contributed by atoms with van der Waals surface area (Å²) < 4.78 is 4.19. The fourth-order valence-electron chi connectivity index (χ4n) is 0.219. The average Bonchev–Trinajstić information content (AvgIpc) is 1.90. The molecule has 4 heteroatoms. The second kappa shape index (κ2) is 3.93. The third kappa shape index (κ3) is 2.15. The van der Waals surface area contributed by atoms with E-state index in [9.17, 15) is 4.79 Å². The van der Waals surface area contributed by atoms with Gasteiger partial charge in [-0.05, 0) is 0 Å². The lowest BCUT2D eigenvalue weighted by atomic mass is 10.5. The van der Waals surface area contributed by atoms with Crippen LogP contribution in [0.2, 0.25) is 0 Å². The first kappa shape index (κ1) is 7.99. The molecule has 0 aromatic carbocycles. The highest BCUT2D eigenvalue weighted by molar-refractivity contribution is 6.27. The highest BCUT2D eigenvalue weighted by Crippen LogP contribution is 1.99. The van der Waals surface area contributed by atoms with Crippen molar-refractivity contribution in [3.05, 3.63) is 22.6 Å². The zero-order valence-corrected chi connectivity index (χ0v) is 5.47. The van der Waals surface area contributed by atoms with Gasteiger partial charge in [0.15, 0.2) is 0 Å². The van der Waals surface area contributed by atoms with Gasteiger partial charge in [-0.15, -0.1) is 11.6 Å². The van der Waals surface area contributed by atoms with Crippen LogP contribution in [0.4, 0.5) is 0 Å². The predicted molar refractivity (Wildman–Crippen MR) is 32.6 cm³/mol. The highest BCUT2D eigenvalue weighted by atomic mass is 35.5. The van der Waals surface area contributed by atoms with Gasteiger partial charge < -0.3 is 4.74 Å². The quantitative estimate of drug-likeness (QED) is 0.315. The van der Waals surface area contributed by atoms with Gasteiger partial charge in [0.2, 0.25) is 0 Å². The van der Waals surface area contributed by atoms with Crippen LogP contribution in [0.1, 0.15) is 0 Å². The Kier molecular flexibility index (Phi) is 3.49. The maximum atomic E-state index is 10.4. The van der Waals surface area contributed by atoms with Gasteiger partial charge in [0.25, 0.3) is 5.70 Å². The number of rotatable bonds is 1. The number of ether oxygens (including phenoxy) is 1. The van der Waals surface area contributed by atoms with E-state index in [4.69, 9.17) is 18.2 Å². The molecule has 0 atom stereocenters. The number of nitrogens with zero attached hydrogens (tertiary/aromatic N) is 1. The first-order valence-electron chi connectivity index (χ1n) is 2.02. The number of hydrogen-bond donors (Lipinski definition) is 0. The molecular formula is C5H4ClNO2. The molecule has 0 aliphatic heterocycles. The minimum absolute atomic E-state index is 0.209. The van der Waals surface area contributed by atoms with E-state index in [0.29, 0.717) is 0 Å². The molecule has 0 amide bonds. The van der Waals surface area contributed by atoms with Gasteiger partial charge in [0, 0.05) is 5.54 Å². The summed E-state index contributed by atoms with van der Waals surface area (Å²) in [6.45, 7) is 6.37. The van der Waals surface area contributed by atoms with Crippen molar-refractivity contribution in [1.82, 2.24) is 0 Å². The van der Waals surface area contributed by atoms with Gasteiger partial charge in [-0.3, -0.25) is 4.79 Å². The van der Waals surface area contributed by atoms with Gasteiger partial charge in [0.1, 0.15) is 0 Å². The van der Waals surface area contributed by atoms with Crippen molar-refractivity contribution < 1.29 is 9.53 Å².